The Morgan fingerprint density at radius 1 is 1.11 bits per heavy atom. The third-order valence-electron chi connectivity index (χ3n) is 5.62. The van der Waals surface area contributed by atoms with E-state index >= 15 is 0 Å². The number of anilines is 1. The summed E-state index contributed by atoms with van der Waals surface area (Å²) in [5.41, 5.74) is 6.37. The van der Waals surface area contributed by atoms with Crippen LogP contribution in [0.3, 0.4) is 0 Å². The summed E-state index contributed by atoms with van der Waals surface area (Å²) in [4.78, 5) is 4.89. The highest BCUT2D eigenvalue weighted by Gasteiger charge is 2.28. The molecule has 0 aromatic heterocycles. The molecule has 144 valence electrons. The number of hydrogen-bond acceptors (Lipinski definition) is 2. The Hall–Kier alpha value is -1.91. The molecular formula is C23H31N3S. The quantitative estimate of drug-likeness (QED) is 0.742. The number of nitrogens with zero attached hydrogens (tertiary/aromatic N) is 2. The van der Waals surface area contributed by atoms with Crippen LogP contribution in [0.4, 0.5) is 5.69 Å². The first-order valence-electron chi connectivity index (χ1n) is 9.89. The summed E-state index contributed by atoms with van der Waals surface area (Å²) in [6.07, 6.45) is 1.16. The van der Waals surface area contributed by atoms with E-state index in [1.165, 1.54) is 22.3 Å². The molecule has 3 rings (SSSR count). The Balaban J connectivity index is 1.63. The summed E-state index contributed by atoms with van der Waals surface area (Å²) in [6, 6.07) is 15.6. The zero-order valence-corrected chi connectivity index (χ0v) is 17.8. The van der Waals surface area contributed by atoms with E-state index in [2.05, 4.69) is 85.3 Å². The van der Waals surface area contributed by atoms with Gasteiger partial charge in [0.1, 0.15) is 0 Å². The second-order valence-electron chi connectivity index (χ2n) is 7.63. The molecule has 2 aromatic carbocycles. The minimum Gasteiger partial charge on any atom is -0.345 e. The number of thiocarbonyl (C=S) groups is 1. The van der Waals surface area contributed by atoms with Crippen molar-refractivity contribution in [2.45, 2.75) is 46.7 Å². The topological polar surface area (TPSA) is 18.5 Å². The van der Waals surface area contributed by atoms with Crippen LogP contribution in [0, 0.1) is 20.8 Å². The van der Waals surface area contributed by atoms with E-state index in [1.807, 2.05) is 0 Å². The standard InChI is InChI=1S/C23H31N3S/c1-5-26(23(27)24-22-14-18(3)17(2)13-19(22)4)21-11-12-25(16-21)15-20-9-7-6-8-10-20/h6-10,13-14,21H,5,11-12,15-16H2,1-4H3,(H,24,27). The molecule has 0 spiro atoms. The highest BCUT2D eigenvalue weighted by atomic mass is 32.1. The minimum absolute atomic E-state index is 0.477. The molecule has 1 atom stereocenters. The monoisotopic (exact) mass is 381 g/mol. The fourth-order valence-corrected chi connectivity index (χ4v) is 4.29. The van der Waals surface area contributed by atoms with E-state index in [9.17, 15) is 0 Å². The van der Waals surface area contributed by atoms with Gasteiger partial charge in [0.05, 0.1) is 0 Å². The molecule has 0 saturated carbocycles. The van der Waals surface area contributed by atoms with Crippen LogP contribution < -0.4 is 5.32 Å². The zero-order valence-electron chi connectivity index (χ0n) is 17.0. The number of rotatable bonds is 5. The Bertz CT molecular complexity index is 788. The predicted octanol–water partition coefficient (Wildman–Crippen LogP) is 4.91. The van der Waals surface area contributed by atoms with Crippen molar-refractivity contribution in [2.75, 3.05) is 25.0 Å². The lowest BCUT2D eigenvalue weighted by atomic mass is 10.1. The van der Waals surface area contributed by atoms with Gasteiger partial charge in [-0.1, -0.05) is 36.4 Å². The summed E-state index contributed by atoms with van der Waals surface area (Å²) in [6.45, 7) is 12.8. The van der Waals surface area contributed by atoms with E-state index in [4.69, 9.17) is 12.2 Å². The fraction of sp³-hybridized carbons (Fsp3) is 0.435. The molecule has 27 heavy (non-hydrogen) atoms. The van der Waals surface area contributed by atoms with Crippen LogP contribution in [-0.4, -0.2) is 40.6 Å². The molecule has 1 aliphatic rings. The summed E-state index contributed by atoms with van der Waals surface area (Å²) in [7, 11) is 0. The molecule has 1 saturated heterocycles. The first-order valence-corrected chi connectivity index (χ1v) is 10.3. The van der Waals surface area contributed by atoms with Gasteiger partial charge in [-0.15, -0.1) is 0 Å². The zero-order chi connectivity index (χ0) is 19.4. The Morgan fingerprint density at radius 2 is 1.81 bits per heavy atom. The van der Waals surface area contributed by atoms with Crippen molar-refractivity contribution in [3.8, 4) is 0 Å². The van der Waals surface area contributed by atoms with Gasteiger partial charge in [-0.25, -0.2) is 0 Å². The predicted molar refractivity (Wildman–Crippen MR) is 119 cm³/mol. The van der Waals surface area contributed by atoms with E-state index < -0.39 is 0 Å². The molecule has 0 amide bonds. The molecule has 0 radical (unpaired) electrons. The first-order chi connectivity index (χ1) is 13.0. The van der Waals surface area contributed by atoms with Gasteiger partial charge in [0, 0.05) is 37.9 Å². The molecular weight excluding hydrogens is 350 g/mol. The van der Waals surface area contributed by atoms with Crippen LogP contribution in [0.2, 0.25) is 0 Å². The maximum atomic E-state index is 5.79. The Kier molecular flexibility index (Phi) is 6.51. The second-order valence-corrected chi connectivity index (χ2v) is 8.02. The van der Waals surface area contributed by atoms with Gasteiger partial charge in [-0.05, 0) is 74.7 Å². The second kappa shape index (κ2) is 8.85. The first kappa shape index (κ1) is 19.8. The summed E-state index contributed by atoms with van der Waals surface area (Å²) in [5, 5.41) is 4.35. The van der Waals surface area contributed by atoms with Gasteiger partial charge in [0.2, 0.25) is 0 Å². The van der Waals surface area contributed by atoms with Crippen molar-refractivity contribution in [1.82, 2.24) is 9.80 Å². The van der Waals surface area contributed by atoms with Crippen LogP contribution >= 0.6 is 12.2 Å². The van der Waals surface area contributed by atoms with E-state index in [-0.39, 0.29) is 0 Å². The molecule has 2 aromatic rings. The number of likely N-dealkylation sites (N-methyl/N-ethyl adjacent to an activating group) is 1. The lowest BCUT2D eigenvalue weighted by molar-refractivity contribution is 0.282. The maximum Gasteiger partial charge on any atom is 0.173 e. The highest BCUT2D eigenvalue weighted by Crippen LogP contribution is 2.23. The minimum atomic E-state index is 0.477. The fourth-order valence-electron chi connectivity index (χ4n) is 3.90. The van der Waals surface area contributed by atoms with E-state index in [1.54, 1.807) is 0 Å². The normalized spacial score (nSPS) is 17.1. The molecule has 1 aliphatic heterocycles. The largest absolute Gasteiger partial charge is 0.345 e. The summed E-state index contributed by atoms with van der Waals surface area (Å²) >= 11 is 5.79. The van der Waals surface area contributed by atoms with Crippen LogP contribution in [0.5, 0.6) is 0 Å². The molecule has 3 nitrogen and oxygen atoms in total. The SMILES string of the molecule is CCN(C(=S)Nc1cc(C)c(C)cc1C)C1CCN(Cc2ccccc2)C1. The van der Waals surface area contributed by atoms with Gasteiger partial charge in [0.25, 0.3) is 0 Å². The van der Waals surface area contributed by atoms with Crippen molar-refractivity contribution in [1.29, 1.82) is 0 Å². The Labute approximate surface area is 169 Å². The van der Waals surface area contributed by atoms with Crippen LogP contribution in [0.15, 0.2) is 42.5 Å². The highest BCUT2D eigenvalue weighted by molar-refractivity contribution is 7.80. The third-order valence-corrected chi connectivity index (χ3v) is 5.96. The van der Waals surface area contributed by atoms with Gasteiger partial charge >= 0.3 is 0 Å². The van der Waals surface area contributed by atoms with Crippen molar-refractivity contribution in [2.24, 2.45) is 0 Å². The van der Waals surface area contributed by atoms with Crippen LogP contribution in [-0.2, 0) is 6.54 Å². The number of hydrogen-bond donors (Lipinski definition) is 1. The van der Waals surface area contributed by atoms with Crippen molar-refractivity contribution < 1.29 is 0 Å². The van der Waals surface area contributed by atoms with E-state index in [0.717, 1.165) is 43.4 Å². The van der Waals surface area contributed by atoms with Gasteiger partial charge < -0.3 is 10.2 Å². The lowest BCUT2D eigenvalue weighted by Crippen LogP contribution is -2.44. The van der Waals surface area contributed by atoms with Crippen LogP contribution in [0.1, 0.15) is 35.6 Å². The van der Waals surface area contributed by atoms with Gasteiger partial charge in [-0.3, -0.25) is 4.90 Å². The molecule has 0 bridgehead atoms. The number of benzene rings is 2. The van der Waals surface area contributed by atoms with Crippen molar-refractivity contribution >= 4 is 23.0 Å². The molecule has 4 heteroatoms. The van der Waals surface area contributed by atoms with Gasteiger partial charge in [-0.2, -0.15) is 0 Å². The number of likely N-dealkylation sites (tertiary alicyclic amines) is 1. The maximum absolute atomic E-state index is 5.79. The van der Waals surface area contributed by atoms with Crippen molar-refractivity contribution in [3.63, 3.8) is 0 Å². The van der Waals surface area contributed by atoms with Gasteiger partial charge in [0.15, 0.2) is 5.11 Å². The average Bonchev–Trinajstić information content (AvgIpc) is 3.09. The third kappa shape index (κ3) is 4.88. The Morgan fingerprint density at radius 3 is 2.52 bits per heavy atom. The van der Waals surface area contributed by atoms with E-state index in [0.29, 0.717) is 6.04 Å². The number of aryl methyl sites for hydroxylation is 3. The molecule has 0 aliphatic carbocycles. The van der Waals surface area contributed by atoms with Crippen molar-refractivity contribution in [3.05, 3.63) is 64.7 Å². The molecule has 1 N–H and O–H groups in total. The average molecular weight is 382 g/mol. The molecule has 1 unspecified atom stereocenters. The lowest BCUT2D eigenvalue weighted by Gasteiger charge is -2.31. The molecule has 1 fully saturated rings. The molecule has 1 heterocycles. The summed E-state index contributed by atoms with van der Waals surface area (Å²) in [5.74, 6) is 0. The summed E-state index contributed by atoms with van der Waals surface area (Å²) < 4.78 is 0. The van der Waals surface area contributed by atoms with Crippen LogP contribution in [0.25, 0.3) is 0 Å². The number of nitrogens with one attached hydrogen (secondary N) is 1. The smallest absolute Gasteiger partial charge is 0.173 e.